The molecule has 2 aromatic carbocycles. The molecular weight excluding hydrogens is 302 g/mol. The van der Waals surface area contributed by atoms with Gasteiger partial charge in [-0.2, -0.15) is 0 Å². The molecular formula is C20H27NO3. The SMILES string of the molecule is CCc1ccc(OC)c(C(CN)Cc2ccc(OC)cc2OC)c1. The molecule has 0 aliphatic heterocycles. The summed E-state index contributed by atoms with van der Waals surface area (Å²) in [7, 11) is 5.03. The van der Waals surface area contributed by atoms with E-state index < -0.39 is 0 Å². The summed E-state index contributed by atoms with van der Waals surface area (Å²) in [4.78, 5) is 0. The van der Waals surface area contributed by atoms with Crippen LogP contribution in [0.2, 0.25) is 0 Å². The molecule has 24 heavy (non-hydrogen) atoms. The predicted octanol–water partition coefficient (Wildman–Crippen LogP) is 3.56. The molecule has 0 aliphatic rings. The predicted molar refractivity (Wildman–Crippen MR) is 97.4 cm³/mol. The second kappa shape index (κ2) is 8.60. The Kier molecular flexibility index (Phi) is 6.50. The lowest BCUT2D eigenvalue weighted by Crippen LogP contribution is -2.16. The molecule has 0 spiro atoms. The summed E-state index contributed by atoms with van der Waals surface area (Å²) in [6.07, 6.45) is 1.77. The Hall–Kier alpha value is -2.20. The Labute approximate surface area is 144 Å². The lowest BCUT2D eigenvalue weighted by Gasteiger charge is -2.21. The minimum atomic E-state index is 0.161. The highest BCUT2D eigenvalue weighted by Crippen LogP contribution is 2.33. The van der Waals surface area contributed by atoms with Crippen LogP contribution in [0, 0.1) is 0 Å². The zero-order chi connectivity index (χ0) is 17.5. The maximum absolute atomic E-state index is 6.09. The number of hydrogen-bond donors (Lipinski definition) is 1. The zero-order valence-electron chi connectivity index (χ0n) is 15.0. The van der Waals surface area contributed by atoms with Crippen molar-refractivity contribution in [3.8, 4) is 17.2 Å². The maximum Gasteiger partial charge on any atom is 0.125 e. The fraction of sp³-hybridized carbons (Fsp3) is 0.400. The summed E-state index contributed by atoms with van der Waals surface area (Å²) in [5, 5.41) is 0. The molecule has 0 aromatic heterocycles. The maximum atomic E-state index is 6.09. The minimum absolute atomic E-state index is 0.161. The van der Waals surface area contributed by atoms with Gasteiger partial charge in [0.25, 0.3) is 0 Å². The van der Waals surface area contributed by atoms with Crippen molar-refractivity contribution < 1.29 is 14.2 Å². The largest absolute Gasteiger partial charge is 0.497 e. The number of nitrogens with two attached hydrogens (primary N) is 1. The molecule has 4 nitrogen and oxygen atoms in total. The summed E-state index contributed by atoms with van der Waals surface area (Å²) >= 11 is 0. The van der Waals surface area contributed by atoms with Gasteiger partial charge < -0.3 is 19.9 Å². The van der Waals surface area contributed by atoms with E-state index in [1.165, 1.54) is 5.56 Å². The van der Waals surface area contributed by atoms with Gasteiger partial charge in [-0.3, -0.25) is 0 Å². The Balaban J connectivity index is 2.36. The van der Waals surface area contributed by atoms with E-state index in [9.17, 15) is 0 Å². The Bertz CT molecular complexity index is 670. The fourth-order valence-electron chi connectivity index (χ4n) is 2.93. The first-order valence-electron chi connectivity index (χ1n) is 8.24. The molecule has 0 bridgehead atoms. The van der Waals surface area contributed by atoms with Gasteiger partial charge in [0.2, 0.25) is 0 Å². The summed E-state index contributed by atoms with van der Waals surface area (Å²) in [6.45, 7) is 2.69. The van der Waals surface area contributed by atoms with Crippen LogP contribution in [0.15, 0.2) is 36.4 Å². The summed E-state index contributed by atoms with van der Waals surface area (Å²) in [5.41, 5.74) is 9.64. The normalized spacial score (nSPS) is 11.9. The molecule has 0 saturated carbocycles. The molecule has 1 unspecified atom stereocenters. The molecule has 2 aromatic rings. The van der Waals surface area contributed by atoms with Crippen molar-refractivity contribution in [2.24, 2.45) is 5.73 Å². The van der Waals surface area contributed by atoms with Gasteiger partial charge in [0.05, 0.1) is 21.3 Å². The minimum Gasteiger partial charge on any atom is -0.497 e. The van der Waals surface area contributed by atoms with E-state index in [2.05, 4.69) is 19.1 Å². The number of hydrogen-bond acceptors (Lipinski definition) is 4. The third-order valence-electron chi connectivity index (χ3n) is 4.39. The van der Waals surface area contributed by atoms with Crippen LogP contribution < -0.4 is 19.9 Å². The molecule has 0 radical (unpaired) electrons. The van der Waals surface area contributed by atoms with Crippen LogP contribution in [-0.2, 0) is 12.8 Å². The van der Waals surface area contributed by atoms with Crippen LogP contribution in [0.3, 0.4) is 0 Å². The molecule has 4 heteroatoms. The van der Waals surface area contributed by atoms with Crippen molar-refractivity contribution in [2.45, 2.75) is 25.7 Å². The van der Waals surface area contributed by atoms with Crippen molar-refractivity contribution in [1.29, 1.82) is 0 Å². The lowest BCUT2D eigenvalue weighted by atomic mass is 9.89. The van der Waals surface area contributed by atoms with Gasteiger partial charge in [0.1, 0.15) is 17.2 Å². The molecule has 0 saturated heterocycles. The first-order chi connectivity index (χ1) is 11.7. The Morgan fingerprint density at radius 3 is 2.25 bits per heavy atom. The number of rotatable bonds is 8. The van der Waals surface area contributed by atoms with Gasteiger partial charge in [-0.05, 0) is 48.2 Å². The van der Waals surface area contributed by atoms with Crippen LogP contribution in [-0.4, -0.2) is 27.9 Å². The summed E-state index contributed by atoms with van der Waals surface area (Å²) in [5.74, 6) is 2.65. The monoisotopic (exact) mass is 329 g/mol. The highest BCUT2D eigenvalue weighted by Gasteiger charge is 2.18. The molecule has 0 aliphatic carbocycles. The van der Waals surface area contributed by atoms with Crippen molar-refractivity contribution >= 4 is 0 Å². The first kappa shape index (κ1) is 18.1. The van der Waals surface area contributed by atoms with Crippen LogP contribution in [0.1, 0.15) is 29.5 Å². The zero-order valence-corrected chi connectivity index (χ0v) is 15.0. The van der Waals surface area contributed by atoms with Crippen LogP contribution in [0.4, 0.5) is 0 Å². The molecule has 0 heterocycles. The van der Waals surface area contributed by atoms with Gasteiger partial charge >= 0.3 is 0 Å². The smallest absolute Gasteiger partial charge is 0.125 e. The number of aryl methyl sites for hydroxylation is 1. The molecule has 1 atom stereocenters. The highest BCUT2D eigenvalue weighted by atomic mass is 16.5. The van der Waals surface area contributed by atoms with E-state index >= 15 is 0 Å². The van der Waals surface area contributed by atoms with Gasteiger partial charge in [-0.25, -0.2) is 0 Å². The van der Waals surface area contributed by atoms with Gasteiger partial charge in [0, 0.05) is 12.0 Å². The van der Waals surface area contributed by atoms with Crippen LogP contribution in [0.25, 0.3) is 0 Å². The summed E-state index contributed by atoms with van der Waals surface area (Å²) < 4.78 is 16.3. The number of methoxy groups -OCH3 is 3. The van der Waals surface area contributed by atoms with Crippen LogP contribution >= 0.6 is 0 Å². The van der Waals surface area contributed by atoms with Crippen molar-refractivity contribution in [2.75, 3.05) is 27.9 Å². The molecule has 0 amide bonds. The van der Waals surface area contributed by atoms with Gasteiger partial charge in [-0.15, -0.1) is 0 Å². The van der Waals surface area contributed by atoms with Gasteiger partial charge in [-0.1, -0.05) is 25.1 Å². The number of benzene rings is 2. The molecule has 0 fully saturated rings. The van der Waals surface area contributed by atoms with E-state index in [1.807, 2.05) is 24.3 Å². The summed E-state index contributed by atoms with van der Waals surface area (Å²) in [6, 6.07) is 12.2. The standard InChI is InChI=1S/C20H27NO3/c1-5-14-6-9-19(23-3)18(10-14)16(13-21)11-15-7-8-17(22-2)12-20(15)24-4/h6-10,12,16H,5,11,13,21H2,1-4H3. The lowest BCUT2D eigenvalue weighted by molar-refractivity contribution is 0.388. The average molecular weight is 329 g/mol. The fourth-order valence-corrected chi connectivity index (χ4v) is 2.93. The van der Waals surface area contributed by atoms with E-state index in [1.54, 1.807) is 21.3 Å². The van der Waals surface area contributed by atoms with Gasteiger partial charge in [0.15, 0.2) is 0 Å². The van der Waals surface area contributed by atoms with Crippen LogP contribution in [0.5, 0.6) is 17.2 Å². The van der Waals surface area contributed by atoms with E-state index in [0.717, 1.165) is 41.2 Å². The first-order valence-corrected chi connectivity index (χ1v) is 8.24. The van der Waals surface area contributed by atoms with E-state index in [-0.39, 0.29) is 5.92 Å². The highest BCUT2D eigenvalue weighted by molar-refractivity contribution is 5.44. The third kappa shape index (κ3) is 4.01. The van der Waals surface area contributed by atoms with E-state index in [0.29, 0.717) is 6.54 Å². The molecule has 2 N–H and O–H groups in total. The van der Waals surface area contributed by atoms with Crippen molar-refractivity contribution in [3.05, 3.63) is 53.1 Å². The van der Waals surface area contributed by atoms with Crippen molar-refractivity contribution in [3.63, 3.8) is 0 Å². The average Bonchev–Trinajstić information content (AvgIpc) is 2.65. The molecule has 2 rings (SSSR count). The topological polar surface area (TPSA) is 53.7 Å². The van der Waals surface area contributed by atoms with E-state index in [4.69, 9.17) is 19.9 Å². The quantitative estimate of drug-likeness (QED) is 0.804. The molecule has 130 valence electrons. The second-order valence-electron chi connectivity index (χ2n) is 5.74. The third-order valence-corrected chi connectivity index (χ3v) is 4.39. The Morgan fingerprint density at radius 1 is 0.917 bits per heavy atom. The number of ether oxygens (including phenoxy) is 3. The second-order valence-corrected chi connectivity index (χ2v) is 5.74. The Morgan fingerprint density at radius 2 is 1.67 bits per heavy atom. The van der Waals surface area contributed by atoms with Crippen molar-refractivity contribution in [1.82, 2.24) is 0 Å².